The van der Waals surface area contributed by atoms with Crippen molar-refractivity contribution in [3.05, 3.63) is 24.0 Å². The minimum absolute atomic E-state index is 0.799. The number of ether oxygens (including phenoxy) is 1. The monoisotopic (exact) mass is 236 g/mol. The van der Waals surface area contributed by atoms with Gasteiger partial charge in [-0.2, -0.15) is 0 Å². The molecule has 1 aliphatic heterocycles. The van der Waals surface area contributed by atoms with Gasteiger partial charge < -0.3 is 14.6 Å². The number of hydrogen-bond donors (Lipinski definition) is 1. The molecule has 1 aromatic rings. The highest BCUT2D eigenvalue weighted by molar-refractivity contribution is 5.09. The Labute approximate surface area is 104 Å². The van der Waals surface area contributed by atoms with Crippen molar-refractivity contribution < 1.29 is 4.74 Å². The van der Waals surface area contributed by atoms with E-state index in [9.17, 15) is 0 Å². The lowest BCUT2D eigenvalue weighted by Gasteiger charge is -2.22. The fourth-order valence-electron chi connectivity index (χ4n) is 2.35. The second kappa shape index (κ2) is 6.82. The van der Waals surface area contributed by atoms with Crippen LogP contribution in [0.1, 0.15) is 31.7 Å². The highest BCUT2D eigenvalue weighted by atomic mass is 16.5. The molecule has 1 aromatic heterocycles. The summed E-state index contributed by atoms with van der Waals surface area (Å²) in [6.45, 7) is 7.33. The summed E-state index contributed by atoms with van der Waals surface area (Å²) in [7, 11) is 0. The molecule has 96 valence electrons. The van der Waals surface area contributed by atoms with Gasteiger partial charge in [-0.15, -0.1) is 0 Å². The van der Waals surface area contributed by atoms with Gasteiger partial charge in [0.15, 0.2) is 0 Å². The summed E-state index contributed by atoms with van der Waals surface area (Å²) in [6, 6.07) is 2.22. The van der Waals surface area contributed by atoms with Gasteiger partial charge in [-0.05, 0) is 43.4 Å². The van der Waals surface area contributed by atoms with Crippen molar-refractivity contribution in [3.8, 4) is 0 Å². The van der Waals surface area contributed by atoms with Gasteiger partial charge in [0.05, 0.1) is 0 Å². The standard InChI is InChI=1S/C14H24N2O/c1-2-6-15-10-14-3-7-16(12-14)11-13-4-8-17-9-5-13/h3,7,12-13,15H,2,4-6,8-11H2,1H3. The van der Waals surface area contributed by atoms with Crippen LogP contribution in [0.15, 0.2) is 18.5 Å². The van der Waals surface area contributed by atoms with Crippen LogP contribution in [0.4, 0.5) is 0 Å². The van der Waals surface area contributed by atoms with E-state index in [0.29, 0.717) is 0 Å². The molecule has 1 fully saturated rings. The number of nitrogens with one attached hydrogen (secondary N) is 1. The Balaban J connectivity index is 1.76. The van der Waals surface area contributed by atoms with E-state index in [-0.39, 0.29) is 0 Å². The fraction of sp³-hybridized carbons (Fsp3) is 0.714. The summed E-state index contributed by atoms with van der Waals surface area (Å²) in [5.74, 6) is 0.799. The Bertz CT molecular complexity index is 316. The summed E-state index contributed by atoms with van der Waals surface area (Å²) in [5, 5.41) is 3.43. The molecule has 0 saturated carbocycles. The first-order chi connectivity index (χ1) is 8.38. The van der Waals surface area contributed by atoms with E-state index in [1.165, 1.54) is 24.8 Å². The lowest BCUT2D eigenvalue weighted by atomic mass is 10.0. The zero-order chi connectivity index (χ0) is 11.9. The van der Waals surface area contributed by atoms with E-state index >= 15 is 0 Å². The molecule has 1 N–H and O–H groups in total. The van der Waals surface area contributed by atoms with Crippen LogP contribution >= 0.6 is 0 Å². The van der Waals surface area contributed by atoms with Gasteiger partial charge in [-0.3, -0.25) is 0 Å². The van der Waals surface area contributed by atoms with Gasteiger partial charge >= 0.3 is 0 Å². The topological polar surface area (TPSA) is 26.2 Å². The first kappa shape index (κ1) is 12.7. The minimum Gasteiger partial charge on any atom is -0.381 e. The Morgan fingerprint density at radius 2 is 2.24 bits per heavy atom. The molecule has 0 radical (unpaired) electrons. The van der Waals surface area contributed by atoms with Crippen molar-refractivity contribution in [2.75, 3.05) is 19.8 Å². The van der Waals surface area contributed by atoms with E-state index in [2.05, 4.69) is 35.3 Å². The minimum atomic E-state index is 0.799. The molecule has 0 spiro atoms. The largest absolute Gasteiger partial charge is 0.381 e. The second-order valence-electron chi connectivity index (χ2n) is 4.95. The number of aromatic nitrogens is 1. The Hall–Kier alpha value is -0.800. The molecule has 3 heteroatoms. The number of rotatable bonds is 6. The third-order valence-corrected chi connectivity index (χ3v) is 3.38. The molecule has 0 amide bonds. The molecular formula is C14H24N2O. The average Bonchev–Trinajstić information content (AvgIpc) is 2.79. The van der Waals surface area contributed by atoms with Gasteiger partial charge in [0.1, 0.15) is 0 Å². The smallest absolute Gasteiger partial charge is 0.0469 e. The maximum Gasteiger partial charge on any atom is 0.0469 e. The van der Waals surface area contributed by atoms with Crippen LogP contribution in [-0.2, 0) is 17.8 Å². The van der Waals surface area contributed by atoms with Gasteiger partial charge in [-0.1, -0.05) is 6.92 Å². The van der Waals surface area contributed by atoms with Crippen LogP contribution in [0.25, 0.3) is 0 Å². The van der Waals surface area contributed by atoms with Crippen LogP contribution in [0, 0.1) is 5.92 Å². The molecule has 0 aromatic carbocycles. The van der Waals surface area contributed by atoms with Crippen molar-refractivity contribution in [2.45, 2.75) is 39.3 Å². The van der Waals surface area contributed by atoms with E-state index in [0.717, 1.165) is 38.8 Å². The van der Waals surface area contributed by atoms with E-state index in [1.807, 2.05) is 0 Å². The summed E-state index contributed by atoms with van der Waals surface area (Å²) in [5.41, 5.74) is 1.39. The van der Waals surface area contributed by atoms with Gasteiger partial charge in [0.2, 0.25) is 0 Å². The van der Waals surface area contributed by atoms with Crippen molar-refractivity contribution in [1.82, 2.24) is 9.88 Å². The maximum absolute atomic E-state index is 5.39. The lowest BCUT2D eigenvalue weighted by molar-refractivity contribution is 0.0613. The van der Waals surface area contributed by atoms with Crippen LogP contribution in [-0.4, -0.2) is 24.3 Å². The zero-order valence-corrected chi connectivity index (χ0v) is 10.8. The van der Waals surface area contributed by atoms with Gasteiger partial charge in [0, 0.05) is 38.7 Å². The van der Waals surface area contributed by atoms with Crippen molar-refractivity contribution >= 4 is 0 Å². The van der Waals surface area contributed by atoms with E-state index in [1.54, 1.807) is 0 Å². The van der Waals surface area contributed by atoms with Crippen LogP contribution < -0.4 is 5.32 Å². The molecule has 0 unspecified atom stereocenters. The third-order valence-electron chi connectivity index (χ3n) is 3.38. The molecule has 2 heterocycles. The second-order valence-corrected chi connectivity index (χ2v) is 4.95. The Morgan fingerprint density at radius 3 is 3.00 bits per heavy atom. The zero-order valence-electron chi connectivity index (χ0n) is 10.8. The van der Waals surface area contributed by atoms with Crippen LogP contribution in [0.3, 0.4) is 0 Å². The van der Waals surface area contributed by atoms with Gasteiger partial charge in [0.25, 0.3) is 0 Å². The molecule has 0 bridgehead atoms. The molecule has 3 nitrogen and oxygen atoms in total. The average molecular weight is 236 g/mol. The molecule has 1 aliphatic rings. The molecule has 17 heavy (non-hydrogen) atoms. The summed E-state index contributed by atoms with van der Waals surface area (Å²) < 4.78 is 7.72. The van der Waals surface area contributed by atoms with Crippen molar-refractivity contribution in [2.24, 2.45) is 5.92 Å². The predicted molar refractivity (Wildman–Crippen MR) is 70.0 cm³/mol. The number of nitrogens with zero attached hydrogens (tertiary/aromatic N) is 1. The van der Waals surface area contributed by atoms with E-state index in [4.69, 9.17) is 4.74 Å². The third kappa shape index (κ3) is 4.17. The highest BCUT2D eigenvalue weighted by Crippen LogP contribution is 2.17. The SMILES string of the molecule is CCCNCc1ccn(CC2CCOCC2)c1. The Kier molecular flexibility index (Phi) is 5.08. The maximum atomic E-state index is 5.39. The molecule has 0 aliphatic carbocycles. The summed E-state index contributed by atoms with van der Waals surface area (Å²) in [6.07, 6.45) is 8.10. The van der Waals surface area contributed by atoms with Crippen molar-refractivity contribution in [3.63, 3.8) is 0 Å². The van der Waals surface area contributed by atoms with Crippen LogP contribution in [0.2, 0.25) is 0 Å². The predicted octanol–water partition coefficient (Wildman–Crippen LogP) is 2.41. The first-order valence-corrected chi connectivity index (χ1v) is 6.81. The molecular weight excluding hydrogens is 212 g/mol. The van der Waals surface area contributed by atoms with Crippen molar-refractivity contribution in [1.29, 1.82) is 0 Å². The van der Waals surface area contributed by atoms with E-state index < -0.39 is 0 Å². The van der Waals surface area contributed by atoms with Crippen LogP contribution in [0.5, 0.6) is 0 Å². The lowest BCUT2D eigenvalue weighted by Crippen LogP contribution is -2.19. The number of hydrogen-bond acceptors (Lipinski definition) is 2. The first-order valence-electron chi connectivity index (χ1n) is 6.81. The Morgan fingerprint density at radius 1 is 1.41 bits per heavy atom. The van der Waals surface area contributed by atoms with Gasteiger partial charge in [-0.25, -0.2) is 0 Å². The molecule has 1 saturated heterocycles. The molecule has 2 rings (SSSR count). The summed E-state index contributed by atoms with van der Waals surface area (Å²) >= 11 is 0. The normalized spacial score (nSPS) is 17.5. The highest BCUT2D eigenvalue weighted by Gasteiger charge is 2.13. The molecule has 0 atom stereocenters. The summed E-state index contributed by atoms with van der Waals surface area (Å²) in [4.78, 5) is 0. The quantitative estimate of drug-likeness (QED) is 0.768. The fourth-order valence-corrected chi connectivity index (χ4v) is 2.35.